The van der Waals surface area contributed by atoms with E-state index in [1.54, 1.807) is 24.3 Å². The molecule has 0 N–H and O–H groups in total. The molecule has 0 amide bonds. The molecule has 0 bridgehead atoms. The minimum atomic E-state index is -1.55. The van der Waals surface area contributed by atoms with E-state index in [0.717, 1.165) is 49.0 Å². The molecule has 400 valence electrons. The molecule has 14 heteroatoms. The van der Waals surface area contributed by atoms with Crippen LogP contribution >= 0.6 is 0 Å². The second-order valence-electron chi connectivity index (χ2n) is 15.5. The molecular weight excluding hydrogens is 1130 g/mol. The van der Waals surface area contributed by atoms with E-state index in [1.165, 1.54) is 128 Å². The normalized spacial score (nSPS) is 9.61. The molecule has 0 unspecified atom stereocenters. The molecule has 0 aliphatic heterocycles. The molecule has 8 radical (unpaired) electrons. The summed E-state index contributed by atoms with van der Waals surface area (Å²) in [7, 11) is 0. The molecule has 0 fully saturated rings. The summed E-state index contributed by atoms with van der Waals surface area (Å²) in [5.41, 5.74) is 1.68. The van der Waals surface area contributed by atoms with Crippen molar-refractivity contribution in [2.75, 3.05) is 0 Å². The molecule has 2 aromatic carbocycles. The Bertz CT molecular complexity index is 1400. The topological polar surface area (TPSA) is 213 Å². The number of aliphatic carboxylic acids is 4. The zero-order valence-electron chi connectivity index (χ0n) is 44.3. The van der Waals surface area contributed by atoms with Gasteiger partial charge in [-0.15, -0.1) is 0 Å². The summed E-state index contributed by atoms with van der Waals surface area (Å²) in [6, 6.07) is 18.2. The number of benzene rings is 2. The van der Waals surface area contributed by atoms with Crippen LogP contribution in [-0.2, 0) is 51.5 Å². The first kappa shape index (κ1) is 82.1. The van der Waals surface area contributed by atoms with Gasteiger partial charge in [0.2, 0.25) is 0 Å². The third kappa shape index (κ3) is 85.9. The summed E-state index contributed by atoms with van der Waals surface area (Å²) in [4.78, 5) is 60.6. The number of unbranched alkanes of at least 4 members (excludes halogenated alkanes) is 20. The van der Waals surface area contributed by atoms with Crippen molar-refractivity contribution >= 4 is 83.6 Å². The Balaban J connectivity index is -0.000000140. The zero-order valence-corrected chi connectivity index (χ0v) is 50.1. The third-order valence-corrected chi connectivity index (χ3v) is 8.93. The Kier molecular flexibility index (Phi) is 81.3. The molecule has 0 saturated carbocycles. The smallest absolute Gasteiger partial charge is 0.545 e. The molecule has 0 aliphatic carbocycles. The van der Waals surface area contributed by atoms with Crippen LogP contribution in [0.3, 0.4) is 0 Å². The molecule has 2 aromatic rings. The van der Waals surface area contributed by atoms with Gasteiger partial charge in [0.25, 0.3) is 0 Å². The number of carboxylic acids is 4. The van der Waals surface area contributed by atoms with E-state index in [4.69, 9.17) is 9.47 Å². The van der Waals surface area contributed by atoms with Crippen LogP contribution in [0.2, 0.25) is 0 Å². The third-order valence-electron chi connectivity index (χ3n) is 8.93. The molecule has 0 saturated heterocycles. The fourth-order valence-electron chi connectivity index (χ4n) is 5.08. The van der Waals surface area contributed by atoms with E-state index in [2.05, 4.69) is 55.4 Å². The zero-order chi connectivity index (χ0) is 53.7. The van der Waals surface area contributed by atoms with Gasteiger partial charge < -0.3 is 49.1 Å². The first-order valence-corrected chi connectivity index (χ1v) is 25.1. The molecular formula is C58H88O12Sn2. The summed E-state index contributed by atoms with van der Waals surface area (Å²) in [6.07, 6.45) is 35.6. The number of carbonyl (C=O) groups excluding carboxylic acids is 6. The molecule has 0 atom stereocenters. The standard InChI is InChI=1S/2C11H10O4.4C8H17.C4H4O4.2Sn/c2*12-10(13)6-7-11(14)15-8-9-4-2-1-3-5-9;4*1-3-5-7-8-6-4-2;5-3(6)1-2-4(7)8;;/h2*1-7H,8H2,(H,12,13);4*1,3-8H2,2H3;1-2H,(H,5,6)(H,7,8);;/q;;;;;;;2*+2/p-4/b2*7-6+;;;;;2-1+;;. The summed E-state index contributed by atoms with van der Waals surface area (Å²) >= 11 is 0. The first-order chi connectivity index (χ1) is 33.6. The minimum absolute atomic E-state index is 0. The van der Waals surface area contributed by atoms with E-state index in [0.29, 0.717) is 24.3 Å². The Morgan fingerprint density at radius 2 is 0.569 bits per heavy atom. The average molecular weight is 1210 g/mol. The van der Waals surface area contributed by atoms with Gasteiger partial charge in [0.05, 0.1) is 23.9 Å². The number of esters is 2. The fraction of sp³-hybridized carbons (Fsp3) is 0.517. The molecule has 2 rings (SSSR count). The van der Waals surface area contributed by atoms with Gasteiger partial charge in [-0.3, -0.25) is 0 Å². The van der Waals surface area contributed by atoms with Crippen molar-refractivity contribution in [3.8, 4) is 0 Å². The Hall–Kier alpha value is -3.92. The van der Waals surface area contributed by atoms with Crippen molar-refractivity contribution < 1.29 is 58.7 Å². The maximum atomic E-state index is 10.9. The maximum absolute atomic E-state index is 10.9. The van der Waals surface area contributed by atoms with Crippen LogP contribution in [0.1, 0.15) is 193 Å². The van der Waals surface area contributed by atoms with Gasteiger partial charge in [-0.1, -0.05) is 270 Å². The van der Waals surface area contributed by atoms with Crippen LogP contribution in [0, 0.1) is 27.7 Å². The number of carbonyl (C=O) groups is 6. The fourth-order valence-corrected chi connectivity index (χ4v) is 5.08. The van der Waals surface area contributed by atoms with E-state index >= 15 is 0 Å². The van der Waals surface area contributed by atoms with Crippen molar-refractivity contribution in [3.05, 3.63) is 136 Å². The average Bonchev–Trinajstić information content (AvgIpc) is 3.35. The summed E-state index contributed by atoms with van der Waals surface area (Å²) in [6.45, 7) is 24.3. The van der Waals surface area contributed by atoms with Crippen LogP contribution in [0.25, 0.3) is 0 Å². The van der Waals surface area contributed by atoms with E-state index in [9.17, 15) is 49.2 Å². The van der Waals surface area contributed by atoms with Gasteiger partial charge in [0.15, 0.2) is 0 Å². The van der Waals surface area contributed by atoms with E-state index < -0.39 is 35.8 Å². The molecule has 0 spiro atoms. The summed E-state index contributed by atoms with van der Waals surface area (Å²) in [5.74, 6) is -7.35. The summed E-state index contributed by atoms with van der Waals surface area (Å²) in [5, 5.41) is 38.8. The second kappa shape index (κ2) is 71.3. The van der Waals surface area contributed by atoms with Gasteiger partial charge in [-0.25, -0.2) is 9.59 Å². The van der Waals surface area contributed by atoms with Gasteiger partial charge in [0, 0.05) is 12.2 Å². The Morgan fingerprint density at radius 1 is 0.361 bits per heavy atom. The van der Waals surface area contributed by atoms with Crippen molar-refractivity contribution in [1.29, 1.82) is 0 Å². The Morgan fingerprint density at radius 3 is 0.764 bits per heavy atom. The SMILES string of the molecule is O=C([O-])/C=C/C(=O)OCc1ccccc1.O=C([O-])/C=C/C(=O)OCc1ccccc1.O=C([O-])/C=C/C(=O)[O-].[CH2]CCCCCCC.[CH2]CCCCCCC.[CH2]CCCCCCC.[CH2]CCCCCCC.[Sn+2].[Sn+2]. The number of ether oxygens (including phenoxy) is 2. The monoisotopic (exact) mass is 1220 g/mol. The van der Waals surface area contributed by atoms with Crippen molar-refractivity contribution in [3.63, 3.8) is 0 Å². The quantitative estimate of drug-likeness (QED) is 0.0310. The van der Waals surface area contributed by atoms with Gasteiger partial charge >= 0.3 is 59.8 Å². The second-order valence-corrected chi connectivity index (χ2v) is 15.5. The predicted octanol–water partition coefficient (Wildman–Crippen LogP) is 9.08. The molecule has 72 heavy (non-hydrogen) atoms. The van der Waals surface area contributed by atoms with Crippen LogP contribution in [0.4, 0.5) is 0 Å². The molecule has 12 nitrogen and oxygen atoms in total. The maximum Gasteiger partial charge on any atom is 2.00 e. The van der Waals surface area contributed by atoms with Gasteiger partial charge in [0.1, 0.15) is 13.2 Å². The molecule has 0 aliphatic rings. The van der Waals surface area contributed by atoms with Crippen molar-refractivity contribution in [2.24, 2.45) is 0 Å². The number of hydrogen-bond acceptors (Lipinski definition) is 12. The minimum Gasteiger partial charge on any atom is -0.545 e. The van der Waals surface area contributed by atoms with Crippen LogP contribution < -0.4 is 20.4 Å². The van der Waals surface area contributed by atoms with Crippen molar-refractivity contribution in [1.82, 2.24) is 0 Å². The molecule has 0 heterocycles. The first-order valence-electron chi connectivity index (χ1n) is 25.1. The largest absolute Gasteiger partial charge is 2.00 e. The van der Waals surface area contributed by atoms with Gasteiger partial charge in [-0.05, 0) is 35.4 Å². The number of carboxylic acid groups (broad SMARTS) is 4. The summed E-state index contributed by atoms with van der Waals surface area (Å²) < 4.78 is 9.52. The predicted molar refractivity (Wildman–Crippen MR) is 286 cm³/mol. The van der Waals surface area contributed by atoms with Crippen LogP contribution in [-0.4, -0.2) is 83.6 Å². The van der Waals surface area contributed by atoms with Crippen molar-refractivity contribution in [2.45, 2.75) is 195 Å². The Labute approximate surface area is 470 Å². The van der Waals surface area contributed by atoms with Gasteiger partial charge in [-0.2, -0.15) is 0 Å². The van der Waals surface area contributed by atoms with E-state index in [-0.39, 0.29) is 61.0 Å². The number of hydrogen-bond donors (Lipinski definition) is 0. The van der Waals surface area contributed by atoms with Crippen LogP contribution in [0.5, 0.6) is 0 Å². The van der Waals surface area contributed by atoms with E-state index in [1.807, 2.05) is 36.4 Å². The number of rotatable bonds is 30. The van der Waals surface area contributed by atoms with Crippen LogP contribution in [0.15, 0.2) is 97.1 Å². The molecule has 0 aromatic heterocycles.